The molecule has 4 heterocycles. The SMILES string of the molecule is CC1C(=O)O[C@H]2C[C@]3(C)O[C@H]3[C@@H](O)[C@@H](N3CCCCC3)C3=C[C@@H](OC3=O)[C@H]12. The second-order valence-corrected chi connectivity index (χ2v) is 8.92. The van der Waals surface area contributed by atoms with Gasteiger partial charge in [-0.25, -0.2) is 4.79 Å². The van der Waals surface area contributed by atoms with Crippen molar-refractivity contribution in [3.05, 3.63) is 11.6 Å². The van der Waals surface area contributed by atoms with E-state index in [2.05, 4.69) is 4.90 Å². The van der Waals surface area contributed by atoms with Crippen molar-refractivity contribution >= 4 is 11.9 Å². The first-order valence-electron chi connectivity index (χ1n) is 10.1. The molecule has 2 bridgehead atoms. The van der Waals surface area contributed by atoms with Crippen LogP contribution in [0.1, 0.15) is 39.5 Å². The number of hydrogen-bond donors (Lipinski definition) is 1. The van der Waals surface area contributed by atoms with Crippen LogP contribution in [0.4, 0.5) is 0 Å². The molecule has 0 amide bonds. The number of hydrogen-bond acceptors (Lipinski definition) is 7. The van der Waals surface area contributed by atoms with E-state index in [9.17, 15) is 14.7 Å². The third-order valence-electron chi connectivity index (χ3n) is 7.13. The summed E-state index contributed by atoms with van der Waals surface area (Å²) in [6.07, 6.45) is 3.60. The summed E-state index contributed by atoms with van der Waals surface area (Å²) >= 11 is 0. The van der Waals surface area contributed by atoms with Gasteiger partial charge in [0.05, 0.1) is 23.1 Å². The largest absolute Gasteiger partial charge is 0.462 e. The molecule has 5 aliphatic rings. The molecular weight excluding hydrogens is 350 g/mol. The maximum atomic E-state index is 12.8. The first-order valence-corrected chi connectivity index (χ1v) is 10.1. The van der Waals surface area contributed by atoms with Crippen LogP contribution in [0.25, 0.3) is 0 Å². The molecule has 0 saturated carbocycles. The van der Waals surface area contributed by atoms with Gasteiger partial charge in [-0.15, -0.1) is 0 Å². The lowest BCUT2D eigenvalue weighted by atomic mass is 9.79. The molecule has 0 radical (unpaired) electrons. The summed E-state index contributed by atoms with van der Waals surface area (Å²) in [4.78, 5) is 27.2. The summed E-state index contributed by atoms with van der Waals surface area (Å²) in [5, 5.41) is 11.2. The number of fused-ring (bicyclic) bond motifs is 4. The minimum atomic E-state index is -0.809. The quantitative estimate of drug-likeness (QED) is 0.534. The lowest BCUT2D eigenvalue weighted by molar-refractivity contribution is -0.144. The molecule has 5 rings (SSSR count). The number of rotatable bonds is 1. The van der Waals surface area contributed by atoms with E-state index in [4.69, 9.17) is 14.2 Å². The number of ether oxygens (including phenoxy) is 3. The highest BCUT2D eigenvalue weighted by atomic mass is 16.6. The van der Waals surface area contributed by atoms with E-state index >= 15 is 0 Å². The maximum Gasteiger partial charge on any atom is 0.336 e. The molecule has 4 aliphatic heterocycles. The van der Waals surface area contributed by atoms with E-state index in [1.165, 1.54) is 6.42 Å². The van der Waals surface area contributed by atoms with E-state index in [0.29, 0.717) is 12.0 Å². The van der Waals surface area contributed by atoms with E-state index < -0.39 is 23.9 Å². The zero-order valence-electron chi connectivity index (χ0n) is 15.8. The molecular formula is C20H27NO6. The third kappa shape index (κ3) is 2.66. The van der Waals surface area contributed by atoms with Gasteiger partial charge in [0.1, 0.15) is 24.4 Å². The lowest BCUT2D eigenvalue weighted by Gasteiger charge is -2.37. The Morgan fingerprint density at radius 3 is 2.67 bits per heavy atom. The average molecular weight is 377 g/mol. The van der Waals surface area contributed by atoms with Crippen molar-refractivity contribution in [3.63, 3.8) is 0 Å². The number of carbonyl (C=O) groups is 2. The van der Waals surface area contributed by atoms with Crippen LogP contribution >= 0.6 is 0 Å². The van der Waals surface area contributed by atoms with Crippen LogP contribution in [0.5, 0.6) is 0 Å². The molecule has 27 heavy (non-hydrogen) atoms. The first kappa shape index (κ1) is 17.6. The number of aliphatic hydroxyl groups is 1. The van der Waals surface area contributed by atoms with Crippen LogP contribution in [0.3, 0.4) is 0 Å². The molecule has 1 aliphatic carbocycles. The Kier molecular flexibility index (Phi) is 3.94. The van der Waals surface area contributed by atoms with Crippen molar-refractivity contribution in [1.82, 2.24) is 4.90 Å². The lowest BCUT2D eigenvalue weighted by Crippen LogP contribution is -2.51. The van der Waals surface area contributed by atoms with Gasteiger partial charge >= 0.3 is 11.9 Å². The van der Waals surface area contributed by atoms with Crippen molar-refractivity contribution in [2.75, 3.05) is 13.1 Å². The Balaban J connectivity index is 1.56. The van der Waals surface area contributed by atoms with Gasteiger partial charge in [-0.2, -0.15) is 0 Å². The summed E-state index contributed by atoms with van der Waals surface area (Å²) in [5.74, 6) is -1.18. The van der Waals surface area contributed by atoms with Gasteiger partial charge in [0.15, 0.2) is 0 Å². The van der Waals surface area contributed by atoms with Gasteiger partial charge in [-0.05, 0) is 38.9 Å². The van der Waals surface area contributed by atoms with Crippen molar-refractivity contribution in [2.24, 2.45) is 11.8 Å². The minimum absolute atomic E-state index is 0.210. The van der Waals surface area contributed by atoms with Gasteiger partial charge in [0.2, 0.25) is 0 Å². The highest BCUT2D eigenvalue weighted by molar-refractivity contribution is 5.92. The molecule has 3 saturated heterocycles. The van der Waals surface area contributed by atoms with Crippen LogP contribution < -0.4 is 0 Å². The molecule has 0 aromatic heterocycles. The fourth-order valence-electron chi connectivity index (χ4n) is 5.58. The summed E-state index contributed by atoms with van der Waals surface area (Å²) < 4.78 is 17.2. The monoisotopic (exact) mass is 377 g/mol. The van der Waals surface area contributed by atoms with Crippen LogP contribution in [0.15, 0.2) is 11.6 Å². The standard InChI is InChI=1S/C20H27NO6/c1-10-14-12-8-11(19(24)25-12)15(21-6-4-3-5-7-21)16(22)17-20(2,27-17)9-13(14)26-18(10)23/h8,10,12-17,22H,3-7,9H2,1-2H3/t10?,12-,13+,14+,15+,16+,17+,20+/m1/s1. The number of likely N-dealkylation sites (tertiary alicyclic amines) is 1. The zero-order chi connectivity index (χ0) is 18.9. The van der Waals surface area contributed by atoms with Gasteiger partial charge in [-0.3, -0.25) is 9.69 Å². The topological polar surface area (TPSA) is 88.6 Å². The first-order chi connectivity index (χ1) is 12.9. The molecule has 148 valence electrons. The Morgan fingerprint density at radius 1 is 1.19 bits per heavy atom. The predicted octanol–water partition coefficient (Wildman–Crippen LogP) is 0.792. The normalized spacial score (nSPS) is 49.6. The molecule has 1 unspecified atom stereocenters. The molecule has 8 atom stereocenters. The number of aliphatic hydroxyl groups excluding tert-OH is 1. The molecule has 0 aromatic carbocycles. The summed E-state index contributed by atoms with van der Waals surface area (Å²) in [5.41, 5.74) is -0.0272. The molecule has 0 spiro atoms. The van der Waals surface area contributed by atoms with Crippen molar-refractivity contribution < 1.29 is 28.9 Å². The van der Waals surface area contributed by atoms with Gasteiger partial charge in [0, 0.05) is 12.3 Å². The predicted molar refractivity (Wildman–Crippen MR) is 93.6 cm³/mol. The molecule has 0 aromatic rings. The number of epoxide rings is 1. The van der Waals surface area contributed by atoms with E-state index in [1.54, 1.807) is 0 Å². The van der Waals surface area contributed by atoms with Crippen LogP contribution in [-0.4, -0.2) is 71.1 Å². The molecule has 7 heteroatoms. The molecule has 1 N–H and O–H groups in total. The highest BCUT2D eigenvalue weighted by Gasteiger charge is 2.64. The summed E-state index contributed by atoms with van der Waals surface area (Å²) in [7, 11) is 0. The van der Waals surface area contributed by atoms with Crippen molar-refractivity contribution in [1.29, 1.82) is 0 Å². The number of carbonyl (C=O) groups excluding carboxylic acids is 2. The second kappa shape index (κ2) is 6.03. The van der Waals surface area contributed by atoms with Gasteiger partial charge in [-0.1, -0.05) is 13.3 Å². The fourth-order valence-corrected chi connectivity index (χ4v) is 5.58. The smallest absolute Gasteiger partial charge is 0.336 e. The Morgan fingerprint density at radius 2 is 1.93 bits per heavy atom. The van der Waals surface area contributed by atoms with Gasteiger partial charge in [0.25, 0.3) is 0 Å². The van der Waals surface area contributed by atoms with Crippen LogP contribution in [0, 0.1) is 11.8 Å². The zero-order valence-corrected chi connectivity index (χ0v) is 15.8. The van der Waals surface area contributed by atoms with E-state index in [-0.39, 0.29) is 36.0 Å². The summed E-state index contributed by atoms with van der Waals surface area (Å²) in [6.45, 7) is 5.50. The molecule has 3 fully saturated rings. The summed E-state index contributed by atoms with van der Waals surface area (Å²) in [6, 6.07) is -0.417. The Hall–Kier alpha value is -1.44. The van der Waals surface area contributed by atoms with Crippen LogP contribution in [0.2, 0.25) is 0 Å². The Bertz CT molecular complexity index is 701. The van der Waals surface area contributed by atoms with Crippen molar-refractivity contribution in [3.8, 4) is 0 Å². The number of nitrogens with zero attached hydrogens (tertiary/aromatic N) is 1. The van der Waals surface area contributed by atoms with Crippen LogP contribution in [-0.2, 0) is 23.8 Å². The van der Waals surface area contributed by atoms with E-state index in [0.717, 1.165) is 25.9 Å². The number of piperidine rings is 1. The maximum absolute atomic E-state index is 12.8. The minimum Gasteiger partial charge on any atom is -0.462 e. The Labute approximate surface area is 158 Å². The fraction of sp³-hybridized carbons (Fsp3) is 0.800. The average Bonchev–Trinajstić information content (AvgIpc) is 3.05. The second-order valence-electron chi connectivity index (χ2n) is 8.92. The molecule has 7 nitrogen and oxygen atoms in total. The third-order valence-corrected chi connectivity index (χ3v) is 7.13. The van der Waals surface area contributed by atoms with Gasteiger partial charge < -0.3 is 19.3 Å². The highest BCUT2D eigenvalue weighted by Crippen LogP contribution is 2.50. The number of esters is 2. The van der Waals surface area contributed by atoms with E-state index in [1.807, 2.05) is 19.9 Å². The van der Waals surface area contributed by atoms with Crippen molar-refractivity contribution in [2.45, 2.75) is 75.6 Å².